The normalized spacial score (nSPS) is 33.5. The Bertz CT molecular complexity index is 742. The number of aliphatic hydroxyl groups is 1. The Morgan fingerprint density at radius 1 is 1.33 bits per heavy atom. The SMILES string of the molecule is C=CC1CN2C(OC)CC1CC2C(O)c1ccnc2ccccc12. The van der Waals surface area contributed by atoms with Gasteiger partial charge in [0.1, 0.15) is 6.23 Å². The van der Waals surface area contributed by atoms with Crippen molar-refractivity contribution in [2.24, 2.45) is 11.8 Å². The standard InChI is InChI=1S/C20H24N2O2/c1-3-13-12-22-18(10-14(13)11-19(22)24-2)20(23)16-8-9-21-17-7-5-4-6-15(16)17/h3-9,13-14,18-20,23H,1,10-12H2,2H3. The lowest BCUT2D eigenvalue weighted by molar-refractivity contribution is -0.165. The summed E-state index contributed by atoms with van der Waals surface area (Å²) in [7, 11) is 1.76. The number of hydrogen-bond acceptors (Lipinski definition) is 4. The Labute approximate surface area is 142 Å². The van der Waals surface area contributed by atoms with Crippen molar-refractivity contribution in [1.29, 1.82) is 0 Å². The molecule has 1 aromatic heterocycles. The Kier molecular flexibility index (Phi) is 4.12. The summed E-state index contributed by atoms with van der Waals surface area (Å²) in [4.78, 5) is 6.74. The summed E-state index contributed by atoms with van der Waals surface area (Å²) in [6, 6.07) is 10.0. The lowest BCUT2D eigenvalue weighted by Crippen LogP contribution is -2.60. The number of rotatable bonds is 4. The van der Waals surface area contributed by atoms with Crippen molar-refractivity contribution in [1.82, 2.24) is 9.88 Å². The number of aliphatic hydroxyl groups excluding tert-OH is 1. The van der Waals surface area contributed by atoms with E-state index in [1.165, 1.54) is 0 Å². The zero-order valence-corrected chi connectivity index (χ0v) is 14.0. The molecular formula is C20H24N2O2. The van der Waals surface area contributed by atoms with Gasteiger partial charge in [-0.2, -0.15) is 0 Å². The van der Waals surface area contributed by atoms with Crippen molar-refractivity contribution in [2.45, 2.75) is 31.2 Å². The van der Waals surface area contributed by atoms with Crippen molar-refractivity contribution >= 4 is 10.9 Å². The van der Waals surface area contributed by atoms with Crippen molar-refractivity contribution in [3.05, 3.63) is 54.7 Å². The molecule has 24 heavy (non-hydrogen) atoms. The molecule has 126 valence electrons. The Morgan fingerprint density at radius 2 is 2.17 bits per heavy atom. The van der Waals surface area contributed by atoms with Gasteiger partial charge in [-0.15, -0.1) is 6.58 Å². The highest BCUT2D eigenvalue weighted by Crippen LogP contribution is 2.44. The van der Waals surface area contributed by atoms with Crippen molar-refractivity contribution in [3.8, 4) is 0 Å². The lowest BCUT2D eigenvalue weighted by Gasteiger charge is -2.54. The van der Waals surface area contributed by atoms with Gasteiger partial charge in [0.2, 0.25) is 0 Å². The largest absolute Gasteiger partial charge is 0.387 e. The predicted molar refractivity (Wildman–Crippen MR) is 94.4 cm³/mol. The van der Waals surface area contributed by atoms with Crippen LogP contribution in [0.5, 0.6) is 0 Å². The Morgan fingerprint density at radius 3 is 2.92 bits per heavy atom. The van der Waals surface area contributed by atoms with Crippen LogP contribution < -0.4 is 0 Å². The molecule has 5 rings (SSSR count). The van der Waals surface area contributed by atoms with E-state index in [-0.39, 0.29) is 12.3 Å². The monoisotopic (exact) mass is 324 g/mol. The summed E-state index contributed by atoms with van der Waals surface area (Å²) in [6.45, 7) is 4.90. The molecule has 2 aromatic rings. The second kappa shape index (κ2) is 6.28. The van der Waals surface area contributed by atoms with Gasteiger partial charge >= 0.3 is 0 Å². The first-order valence-corrected chi connectivity index (χ1v) is 8.65. The number of benzene rings is 1. The second-order valence-electron chi connectivity index (χ2n) is 6.95. The minimum absolute atomic E-state index is 0.0794. The molecule has 3 saturated heterocycles. The molecule has 0 radical (unpaired) electrons. The highest BCUT2D eigenvalue weighted by Gasteiger charge is 2.47. The molecule has 0 saturated carbocycles. The number of methoxy groups -OCH3 is 1. The van der Waals surface area contributed by atoms with Gasteiger partial charge in [0.15, 0.2) is 0 Å². The van der Waals surface area contributed by atoms with Gasteiger partial charge in [0.05, 0.1) is 11.6 Å². The van der Waals surface area contributed by atoms with Crippen LogP contribution in [0.25, 0.3) is 10.9 Å². The fourth-order valence-electron chi connectivity index (χ4n) is 4.54. The highest BCUT2D eigenvalue weighted by molar-refractivity contribution is 5.82. The van der Waals surface area contributed by atoms with Gasteiger partial charge in [-0.1, -0.05) is 24.3 Å². The molecule has 3 fully saturated rings. The summed E-state index contributed by atoms with van der Waals surface area (Å²) in [5, 5.41) is 12.2. The van der Waals surface area contributed by atoms with Gasteiger partial charge in [-0.05, 0) is 42.4 Å². The van der Waals surface area contributed by atoms with Crippen LogP contribution in [0.2, 0.25) is 0 Å². The van der Waals surface area contributed by atoms with E-state index in [1.54, 1.807) is 13.3 Å². The number of para-hydroxylation sites is 1. The average Bonchev–Trinajstić information content (AvgIpc) is 2.66. The Balaban J connectivity index is 1.69. The first-order valence-electron chi connectivity index (χ1n) is 8.65. The molecule has 0 spiro atoms. The molecule has 4 heteroatoms. The van der Waals surface area contributed by atoms with Crippen LogP contribution >= 0.6 is 0 Å². The third-order valence-electron chi connectivity index (χ3n) is 5.81. The molecule has 1 N–H and O–H groups in total. The van der Waals surface area contributed by atoms with E-state index in [1.807, 2.05) is 30.3 Å². The van der Waals surface area contributed by atoms with E-state index < -0.39 is 6.10 Å². The lowest BCUT2D eigenvalue weighted by atomic mass is 9.72. The average molecular weight is 324 g/mol. The number of piperidine rings is 3. The molecule has 0 aliphatic carbocycles. The molecule has 2 bridgehead atoms. The molecule has 3 aliphatic heterocycles. The van der Waals surface area contributed by atoms with Gasteiger partial charge in [0.25, 0.3) is 0 Å². The minimum Gasteiger partial charge on any atom is -0.387 e. The van der Waals surface area contributed by atoms with E-state index in [9.17, 15) is 5.11 Å². The summed E-state index contributed by atoms with van der Waals surface area (Å²) >= 11 is 0. The van der Waals surface area contributed by atoms with E-state index >= 15 is 0 Å². The topological polar surface area (TPSA) is 45.6 Å². The van der Waals surface area contributed by atoms with Crippen molar-refractivity contribution < 1.29 is 9.84 Å². The maximum absolute atomic E-state index is 11.2. The van der Waals surface area contributed by atoms with Crippen LogP contribution in [-0.2, 0) is 4.74 Å². The third-order valence-corrected chi connectivity index (χ3v) is 5.81. The highest BCUT2D eigenvalue weighted by atomic mass is 16.5. The third kappa shape index (κ3) is 2.46. The smallest absolute Gasteiger partial charge is 0.110 e. The number of aromatic nitrogens is 1. The maximum Gasteiger partial charge on any atom is 0.110 e. The number of pyridine rings is 1. The molecule has 6 unspecified atom stereocenters. The molecule has 1 aromatic carbocycles. The van der Waals surface area contributed by atoms with E-state index in [4.69, 9.17) is 4.74 Å². The molecule has 4 nitrogen and oxygen atoms in total. The van der Waals surface area contributed by atoms with E-state index in [0.717, 1.165) is 35.9 Å². The Hall–Kier alpha value is -1.75. The number of hydrogen-bond donors (Lipinski definition) is 1. The zero-order chi connectivity index (χ0) is 16.7. The summed E-state index contributed by atoms with van der Waals surface area (Å²) in [5.41, 5.74) is 1.89. The maximum atomic E-state index is 11.2. The van der Waals surface area contributed by atoms with Crippen molar-refractivity contribution in [2.75, 3.05) is 13.7 Å². The van der Waals surface area contributed by atoms with Crippen LogP contribution in [-0.4, -0.2) is 40.9 Å². The van der Waals surface area contributed by atoms with Gasteiger partial charge in [0, 0.05) is 31.3 Å². The van der Waals surface area contributed by atoms with Crippen LogP contribution in [0.1, 0.15) is 24.5 Å². The summed E-state index contributed by atoms with van der Waals surface area (Å²) < 4.78 is 5.69. The predicted octanol–water partition coefficient (Wildman–Crippen LogP) is 3.14. The number of ether oxygens (including phenoxy) is 1. The zero-order valence-electron chi connectivity index (χ0n) is 14.0. The first-order chi connectivity index (χ1) is 11.7. The number of nitrogens with zero attached hydrogens (tertiary/aromatic N) is 2. The molecule has 4 heterocycles. The van der Waals surface area contributed by atoms with E-state index in [0.29, 0.717) is 11.8 Å². The van der Waals surface area contributed by atoms with Crippen LogP contribution in [0, 0.1) is 11.8 Å². The van der Waals surface area contributed by atoms with Crippen molar-refractivity contribution in [3.63, 3.8) is 0 Å². The molecule has 6 atom stereocenters. The minimum atomic E-state index is -0.538. The van der Waals surface area contributed by atoms with Crippen LogP contribution in [0.3, 0.4) is 0 Å². The van der Waals surface area contributed by atoms with Crippen LogP contribution in [0.15, 0.2) is 49.2 Å². The van der Waals surface area contributed by atoms with Crippen LogP contribution in [0.4, 0.5) is 0 Å². The van der Waals surface area contributed by atoms with Gasteiger partial charge in [-0.25, -0.2) is 0 Å². The van der Waals surface area contributed by atoms with Gasteiger partial charge < -0.3 is 9.84 Å². The second-order valence-corrected chi connectivity index (χ2v) is 6.95. The molecule has 3 aliphatic rings. The summed E-state index contributed by atoms with van der Waals surface area (Å²) in [5.74, 6) is 1.03. The number of fused-ring (bicyclic) bond motifs is 4. The quantitative estimate of drug-likeness (QED) is 0.878. The fourth-order valence-corrected chi connectivity index (χ4v) is 4.54. The van der Waals surface area contributed by atoms with Gasteiger partial charge in [-0.3, -0.25) is 9.88 Å². The molecular weight excluding hydrogens is 300 g/mol. The molecule has 0 amide bonds. The fraction of sp³-hybridized carbons (Fsp3) is 0.450. The summed E-state index contributed by atoms with van der Waals surface area (Å²) in [6.07, 6.45) is 5.41. The van der Waals surface area contributed by atoms with E-state index in [2.05, 4.69) is 22.5 Å². The first kappa shape index (κ1) is 15.8.